The van der Waals surface area contributed by atoms with Crippen molar-refractivity contribution >= 4 is 29.1 Å². The molecule has 3 amide bonds. The summed E-state index contributed by atoms with van der Waals surface area (Å²) in [5.41, 5.74) is 1.80. The molecule has 6 atom stereocenters. The van der Waals surface area contributed by atoms with Crippen molar-refractivity contribution in [1.29, 1.82) is 0 Å². The summed E-state index contributed by atoms with van der Waals surface area (Å²) < 4.78 is 6.88. The average molecular weight is 568 g/mol. The Kier molecular flexibility index (Phi) is 7.15. The summed E-state index contributed by atoms with van der Waals surface area (Å²) in [5, 5.41) is 16.8. The number of likely N-dealkylation sites (tertiary alicyclic amines) is 1. The van der Waals surface area contributed by atoms with Gasteiger partial charge in [-0.1, -0.05) is 67.6 Å². The first-order valence-electron chi connectivity index (χ1n) is 14.7. The summed E-state index contributed by atoms with van der Waals surface area (Å²) in [7, 11) is 0. The molecule has 2 bridgehead atoms. The molecule has 218 valence electrons. The molecule has 0 aromatic heterocycles. The Morgan fingerprint density at radius 3 is 2.33 bits per heavy atom. The fraction of sp³-hybridized carbons (Fsp3) is 0.382. The minimum Gasteiger partial charge on any atom is -0.394 e. The monoisotopic (exact) mass is 567 g/mol. The van der Waals surface area contributed by atoms with Crippen LogP contribution in [0.25, 0.3) is 0 Å². The second-order valence-electron chi connectivity index (χ2n) is 11.9. The average Bonchev–Trinajstić information content (AvgIpc) is 3.60. The Bertz CT molecular complexity index is 1510. The van der Waals surface area contributed by atoms with Gasteiger partial charge in [-0.3, -0.25) is 14.4 Å². The van der Waals surface area contributed by atoms with Gasteiger partial charge in [-0.25, -0.2) is 0 Å². The molecule has 3 aromatic carbocycles. The molecule has 3 aromatic rings. The lowest BCUT2D eigenvalue weighted by molar-refractivity contribution is -0.148. The van der Waals surface area contributed by atoms with Crippen LogP contribution < -0.4 is 10.6 Å². The third-order valence-electron chi connectivity index (χ3n) is 9.53. The molecule has 0 aliphatic carbocycles. The molecular weight excluding hydrogens is 530 g/mol. The second-order valence-corrected chi connectivity index (χ2v) is 11.9. The van der Waals surface area contributed by atoms with Crippen LogP contribution in [-0.4, -0.2) is 51.6 Å². The van der Waals surface area contributed by atoms with Crippen LogP contribution in [-0.2, 0) is 19.1 Å². The van der Waals surface area contributed by atoms with E-state index in [1.807, 2.05) is 87.5 Å². The Hall–Kier alpha value is -4.01. The van der Waals surface area contributed by atoms with E-state index in [1.165, 1.54) is 4.90 Å². The first-order valence-corrected chi connectivity index (χ1v) is 14.7. The van der Waals surface area contributed by atoms with Gasteiger partial charge in [-0.15, -0.1) is 0 Å². The molecule has 3 N–H and O–H groups in total. The van der Waals surface area contributed by atoms with Crippen LogP contribution >= 0.6 is 0 Å². The molecule has 1 spiro atoms. The Morgan fingerprint density at radius 2 is 1.67 bits per heavy atom. The quantitative estimate of drug-likeness (QED) is 0.364. The third-order valence-corrected chi connectivity index (χ3v) is 9.53. The first-order chi connectivity index (χ1) is 20.2. The number of amides is 3. The number of hydrogen-bond donors (Lipinski definition) is 3. The molecule has 3 fully saturated rings. The highest BCUT2D eigenvalue weighted by molar-refractivity contribution is 6.05. The number of anilines is 2. The zero-order chi connectivity index (χ0) is 29.6. The topological polar surface area (TPSA) is 108 Å². The molecular formula is C34H37N3O5. The Balaban J connectivity index is 1.45. The van der Waals surface area contributed by atoms with E-state index in [1.54, 1.807) is 12.1 Å². The number of hydrogen-bond acceptors (Lipinski definition) is 5. The molecule has 2 unspecified atom stereocenters. The van der Waals surface area contributed by atoms with Gasteiger partial charge in [0.05, 0.1) is 30.1 Å². The van der Waals surface area contributed by atoms with E-state index in [0.717, 1.165) is 11.1 Å². The van der Waals surface area contributed by atoms with Crippen LogP contribution in [0.1, 0.15) is 48.9 Å². The van der Waals surface area contributed by atoms with Crippen molar-refractivity contribution in [2.45, 2.75) is 63.3 Å². The lowest BCUT2D eigenvalue weighted by atomic mass is 9.65. The predicted octanol–water partition coefficient (Wildman–Crippen LogP) is 4.77. The van der Waals surface area contributed by atoms with Crippen molar-refractivity contribution in [1.82, 2.24) is 4.90 Å². The molecule has 0 radical (unpaired) electrons. The van der Waals surface area contributed by atoms with Gasteiger partial charge in [0.2, 0.25) is 17.7 Å². The summed E-state index contributed by atoms with van der Waals surface area (Å²) >= 11 is 0. The van der Waals surface area contributed by atoms with Crippen LogP contribution in [0.3, 0.4) is 0 Å². The van der Waals surface area contributed by atoms with Crippen molar-refractivity contribution < 1.29 is 24.2 Å². The number of nitrogens with zero attached hydrogens (tertiary/aromatic N) is 1. The molecule has 3 heterocycles. The molecule has 8 heteroatoms. The van der Waals surface area contributed by atoms with Gasteiger partial charge in [-0.2, -0.15) is 0 Å². The van der Waals surface area contributed by atoms with Crippen LogP contribution in [0.5, 0.6) is 0 Å². The number of carbonyl (C=O) groups excluding carboxylic acids is 3. The number of benzene rings is 3. The van der Waals surface area contributed by atoms with Gasteiger partial charge >= 0.3 is 0 Å². The fourth-order valence-electron chi connectivity index (χ4n) is 7.53. The third kappa shape index (κ3) is 4.32. The number of para-hydroxylation sites is 1. The number of nitrogens with one attached hydrogen (secondary N) is 2. The van der Waals surface area contributed by atoms with E-state index in [0.29, 0.717) is 36.2 Å². The van der Waals surface area contributed by atoms with Gasteiger partial charge in [0, 0.05) is 11.4 Å². The van der Waals surface area contributed by atoms with Crippen LogP contribution in [0.15, 0.2) is 78.9 Å². The number of aryl methyl sites for hydroxylation is 2. The van der Waals surface area contributed by atoms with Crippen molar-refractivity contribution in [3.63, 3.8) is 0 Å². The highest BCUT2D eigenvalue weighted by Gasteiger charge is 2.79. The number of ether oxygens (including phenoxy) is 1. The predicted molar refractivity (Wildman–Crippen MR) is 160 cm³/mol. The number of fused-ring (bicyclic) bond motifs is 1. The molecule has 3 aliphatic rings. The summed E-state index contributed by atoms with van der Waals surface area (Å²) in [6.07, 6.45) is 1.54. The maximum atomic E-state index is 14.6. The standard InChI is InChI=1S/C34H37N3O5/c1-4-33-17-18-34(42-33)28(27(33)30(39)35-24-13-9-6-10-14-24)32(41)37(26(20-38)23-11-7-5-8-12-23)29(34)31(40)36-25-19-21(2)15-16-22(25)3/h5-16,19,26-29,38H,4,17-18,20H2,1-3H3,(H,35,39)(H,36,40)/t26-,27-,28+,29?,33+,34?/m1/s1. The maximum absolute atomic E-state index is 14.6. The number of aliphatic hydroxyl groups excluding tert-OH is 1. The minimum atomic E-state index is -1.21. The smallest absolute Gasteiger partial charge is 0.250 e. The molecule has 3 aliphatic heterocycles. The Labute approximate surface area is 246 Å². The summed E-state index contributed by atoms with van der Waals surface area (Å²) in [4.78, 5) is 44.5. The van der Waals surface area contributed by atoms with E-state index < -0.39 is 35.1 Å². The molecule has 42 heavy (non-hydrogen) atoms. The van der Waals surface area contributed by atoms with Gasteiger partial charge in [0.15, 0.2) is 0 Å². The second kappa shape index (κ2) is 10.7. The Morgan fingerprint density at radius 1 is 0.976 bits per heavy atom. The number of rotatable bonds is 8. The van der Waals surface area contributed by atoms with Crippen molar-refractivity contribution in [2.75, 3.05) is 17.2 Å². The molecule has 6 rings (SSSR count). The van der Waals surface area contributed by atoms with E-state index in [9.17, 15) is 19.5 Å². The van der Waals surface area contributed by atoms with Crippen LogP contribution in [0.2, 0.25) is 0 Å². The van der Waals surface area contributed by atoms with Crippen LogP contribution in [0.4, 0.5) is 11.4 Å². The SMILES string of the molecule is CC[C@@]12CCC3(O1)C(C(=O)Nc1cc(C)ccc1C)N([C@H](CO)c1ccccc1)C(=O)[C@@H]3[C@@H]2C(=O)Nc1ccccc1. The van der Waals surface area contributed by atoms with Crippen molar-refractivity contribution in [3.05, 3.63) is 95.6 Å². The van der Waals surface area contributed by atoms with E-state index in [4.69, 9.17) is 4.74 Å². The highest BCUT2D eigenvalue weighted by Crippen LogP contribution is 2.65. The van der Waals surface area contributed by atoms with E-state index in [-0.39, 0.29) is 24.3 Å². The minimum absolute atomic E-state index is 0.293. The zero-order valence-corrected chi connectivity index (χ0v) is 24.2. The number of aliphatic hydroxyl groups is 1. The van der Waals surface area contributed by atoms with E-state index in [2.05, 4.69) is 10.6 Å². The molecule has 8 nitrogen and oxygen atoms in total. The molecule has 0 saturated carbocycles. The van der Waals surface area contributed by atoms with Crippen LogP contribution in [0, 0.1) is 25.7 Å². The van der Waals surface area contributed by atoms with Gasteiger partial charge < -0.3 is 25.4 Å². The number of carbonyl (C=O) groups is 3. The molecule has 3 saturated heterocycles. The van der Waals surface area contributed by atoms with Gasteiger partial charge in [0.1, 0.15) is 11.6 Å². The van der Waals surface area contributed by atoms with Crippen molar-refractivity contribution in [2.24, 2.45) is 11.8 Å². The van der Waals surface area contributed by atoms with E-state index >= 15 is 0 Å². The first kappa shape index (κ1) is 28.1. The zero-order valence-electron chi connectivity index (χ0n) is 24.2. The van der Waals surface area contributed by atoms with Crippen molar-refractivity contribution in [3.8, 4) is 0 Å². The fourth-order valence-corrected chi connectivity index (χ4v) is 7.53. The highest BCUT2D eigenvalue weighted by atomic mass is 16.5. The normalized spacial score (nSPS) is 28.4. The summed E-state index contributed by atoms with van der Waals surface area (Å²) in [6.45, 7) is 5.46. The summed E-state index contributed by atoms with van der Waals surface area (Å²) in [6, 6.07) is 22.4. The lowest BCUT2D eigenvalue weighted by Gasteiger charge is -2.37. The summed E-state index contributed by atoms with van der Waals surface area (Å²) in [5.74, 6) is -2.69. The van der Waals surface area contributed by atoms with Gasteiger partial charge in [-0.05, 0) is 68.0 Å². The lowest BCUT2D eigenvalue weighted by Crippen LogP contribution is -2.54. The largest absolute Gasteiger partial charge is 0.394 e. The van der Waals surface area contributed by atoms with Gasteiger partial charge in [0.25, 0.3) is 0 Å². The maximum Gasteiger partial charge on any atom is 0.250 e.